The van der Waals surface area contributed by atoms with Crippen LogP contribution >= 0.6 is 0 Å². The lowest BCUT2D eigenvalue weighted by Gasteiger charge is -2.23. The Hall–Kier alpha value is -2.64. The van der Waals surface area contributed by atoms with Gasteiger partial charge in [-0.15, -0.1) is 10.1 Å². The maximum Gasteiger partial charge on any atom is 0.410 e. The molecule has 130 valence electrons. The zero-order valence-electron chi connectivity index (χ0n) is 13.3. The minimum Gasteiger partial charge on any atom is -0.449 e. The maximum atomic E-state index is 12.5. The summed E-state index contributed by atoms with van der Waals surface area (Å²) in [6.07, 6.45) is 1.75. The number of rotatable bonds is 8. The number of ether oxygens (including phenoxy) is 1. The van der Waals surface area contributed by atoms with Crippen LogP contribution in [0.25, 0.3) is 0 Å². The van der Waals surface area contributed by atoms with Gasteiger partial charge in [-0.3, -0.25) is 9.69 Å². The summed E-state index contributed by atoms with van der Waals surface area (Å²) in [5.74, 6) is -0.0792. The van der Waals surface area contributed by atoms with Crippen molar-refractivity contribution < 1.29 is 24.3 Å². The molecule has 1 heterocycles. The van der Waals surface area contributed by atoms with Crippen LogP contribution in [-0.4, -0.2) is 47.7 Å². The summed E-state index contributed by atoms with van der Waals surface area (Å²) in [6.45, 7) is 0.610. The molecule has 0 saturated carbocycles. The largest absolute Gasteiger partial charge is 0.449 e. The van der Waals surface area contributed by atoms with Crippen LogP contribution in [0, 0.1) is 10.1 Å². The SMILES string of the molecule is O=C(c1ccccc1)C1CCCN1C(=O)OCCCCO[N+](=O)[O-]. The number of benzene rings is 1. The van der Waals surface area contributed by atoms with Crippen LogP contribution in [0.2, 0.25) is 0 Å². The van der Waals surface area contributed by atoms with E-state index in [1.165, 1.54) is 4.90 Å². The predicted molar refractivity (Wildman–Crippen MR) is 84.0 cm³/mol. The van der Waals surface area contributed by atoms with Crippen LogP contribution in [0.1, 0.15) is 36.0 Å². The molecule has 2 rings (SSSR count). The van der Waals surface area contributed by atoms with Gasteiger partial charge in [0.1, 0.15) is 0 Å². The molecule has 1 aromatic carbocycles. The van der Waals surface area contributed by atoms with Gasteiger partial charge in [0.05, 0.1) is 19.3 Å². The number of unbranched alkanes of at least 4 members (excludes halogenated alkanes) is 1. The summed E-state index contributed by atoms with van der Waals surface area (Å²) in [5.41, 5.74) is 0.583. The van der Waals surface area contributed by atoms with Crippen molar-refractivity contribution in [1.29, 1.82) is 0 Å². The predicted octanol–water partition coefficient (Wildman–Crippen LogP) is 2.46. The number of nitrogens with zero attached hydrogens (tertiary/aromatic N) is 2. The van der Waals surface area contributed by atoms with Crippen molar-refractivity contribution in [1.82, 2.24) is 4.90 Å². The lowest BCUT2D eigenvalue weighted by atomic mass is 10.0. The van der Waals surface area contributed by atoms with Gasteiger partial charge >= 0.3 is 6.09 Å². The van der Waals surface area contributed by atoms with Crippen molar-refractivity contribution in [3.05, 3.63) is 46.0 Å². The number of amides is 1. The van der Waals surface area contributed by atoms with Crippen molar-refractivity contribution >= 4 is 11.9 Å². The van der Waals surface area contributed by atoms with Crippen LogP contribution in [-0.2, 0) is 9.57 Å². The topological polar surface area (TPSA) is 99.0 Å². The second kappa shape index (κ2) is 8.85. The third-order valence-electron chi connectivity index (χ3n) is 3.81. The summed E-state index contributed by atoms with van der Waals surface area (Å²) in [4.78, 5) is 40.3. The highest BCUT2D eigenvalue weighted by Gasteiger charge is 2.35. The Morgan fingerprint density at radius 1 is 1.21 bits per heavy atom. The minimum atomic E-state index is -0.851. The van der Waals surface area contributed by atoms with Gasteiger partial charge in [-0.05, 0) is 25.7 Å². The Balaban J connectivity index is 1.78. The van der Waals surface area contributed by atoms with Gasteiger partial charge in [-0.25, -0.2) is 4.79 Å². The number of Topliss-reactive ketones (excluding diaryl/α,β-unsaturated/α-hetero) is 1. The monoisotopic (exact) mass is 336 g/mol. The van der Waals surface area contributed by atoms with E-state index < -0.39 is 17.2 Å². The summed E-state index contributed by atoms with van der Waals surface area (Å²) in [5, 5.41) is 9.14. The molecule has 1 aliphatic rings. The van der Waals surface area contributed by atoms with Crippen molar-refractivity contribution in [2.24, 2.45) is 0 Å². The molecule has 0 N–H and O–H groups in total. The summed E-state index contributed by atoms with van der Waals surface area (Å²) >= 11 is 0. The molecule has 0 radical (unpaired) electrons. The molecule has 0 bridgehead atoms. The highest BCUT2D eigenvalue weighted by Crippen LogP contribution is 2.22. The number of ketones is 1. The van der Waals surface area contributed by atoms with E-state index in [0.29, 0.717) is 31.4 Å². The van der Waals surface area contributed by atoms with Crippen LogP contribution in [0.3, 0.4) is 0 Å². The van der Waals surface area contributed by atoms with Crippen molar-refractivity contribution in [2.45, 2.75) is 31.7 Å². The zero-order valence-corrected chi connectivity index (χ0v) is 13.3. The maximum absolute atomic E-state index is 12.5. The lowest BCUT2D eigenvalue weighted by molar-refractivity contribution is -0.757. The third-order valence-corrected chi connectivity index (χ3v) is 3.81. The number of hydrogen-bond acceptors (Lipinski definition) is 6. The zero-order chi connectivity index (χ0) is 17.4. The van der Waals surface area contributed by atoms with Crippen molar-refractivity contribution in [3.63, 3.8) is 0 Å². The van der Waals surface area contributed by atoms with E-state index in [0.717, 1.165) is 6.42 Å². The second-order valence-electron chi connectivity index (χ2n) is 5.46. The Morgan fingerprint density at radius 3 is 2.62 bits per heavy atom. The fourth-order valence-electron chi connectivity index (χ4n) is 2.64. The molecule has 1 atom stereocenters. The van der Waals surface area contributed by atoms with E-state index in [4.69, 9.17) is 4.74 Å². The van der Waals surface area contributed by atoms with E-state index in [1.54, 1.807) is 24.3 Å². The fraction of sp³-hybridized carbons (Fsp3) is 0.500. The average molecular weight is 336 g/mol. The number of carbonyl (C=O) groups is 2. The molecule has 1 amide bonds. The van der Waals surface area contributed by atoms with Gasteiger partial charge in [-0.2, -0.15) is 0 Å². The lowest BCUT2D eigenvalue weighted by Crippen LogP contribution is -2.41. The van der Waals surface area contributed by atoms with Gasteiger partial charge in [0.15, 0.2) is 5.78 Å². The average Bonchev–Trinajstić information content (AvgIpc) is 3.07. The summed E-state index contributed by atoms with van der Waals surface area (Å²) in [7, 11) is 0. The molecule has 24 heavy (non-hydrogen) atoms. The van der Waals surface area contributed by atoms with E-state index >= 15 is 0 Å². The molecule has 0 spiro atoms. The van der Waals surface area contributed by atoms with E-state index in [1.807, 2.05) is 6.07 Å². The number of carbonyl (C=O) groups excluding carboxylic acids is 2. The van der Waals surface area contributed by atoms with Crippen molar-refractivity contribution in [3.8, 4) is 0 Å². The molecule has 0 aliphatic carbocycles. The quantitative estimate of drug-likeness (QED) is 0.313. The smallest absolute Gasteiger partial charge is 0.410 e. The molecule has 1 aliphatic heterocycles. The molecule has 1 unspecified atom stereocenters. The van der Waals surface area contributed by atoms with Crippen LogP contribution in [0.5, 0.6) is 0 Å². The first-order chi connectivity index (χ1) is 11.6. The molecule has 1 fully saturated rings. The van der Waals surface area contributed by atoms with Crippen LogP contribution in [0.4, 0.5) is 4.79 Å². The normalized spacial score (nSPS) is 16.7. The standard InChI is InChI=1S/C16H20N2O6/c19-15(13-7-2-1-3-8-13)14-9-6-10-17(14)16(20)23-11-4-5-12-24-18(21)22/h1-3,7-8,14H,4-6,9-12H2. The van der Waals surface area contributed by atoms with Gasteiger partial charge in [-0.1, -0.05) is 30.3 Å². The summed E-state index contributed by atoms with van der Waals surface area (Å²) < 4.78 is 5.16. The highest BCUT2D eigenvalue weighted by atomic mass is 16.9. The highest BCUT2D eigenvalue weighted by molar-refractivity contribution is 6.01. The van der Waals surface area contributed by atoms with Gasteiger partial charge in [0, 0.05) is 12.1 Å². The molecular formula is C16H20N2O6. The Labute approximate surface area is 139 Å². The first kappa shape index (κ1) is 17.7. The molecular weight excluding hydrogens is 316 g/mol. The van der Waals surface area contributed by atoms with E-state index in [9.17, 15) is 19.7 Å². The number of likely N-dealkylation sites (tertiary alicyclic amines) is 1. The van der Waals surface area contributed by atoms with E-state index in [2.05, 4.69) is 4.84 Å². The Kier molecular flexibility index (Phi) is 6.53. The van der Waals surface area contributed by atoms with Crippen LogP contribution in [0.15, 0.2) is 30.3 Å². The summed E-state index contributed by atoms with van der Waals surface area (Å²) in [6, 6.07) is 8.40. The minimum absolute atomic E-state index is 0.0244. The van der Waals surface area contributed by atoms with Gasteiger partial charge < -0.3 is 9.57 Å². The second-order valence-corrected chi connectivity index (χ2v) is 5.46. The molecule has 1 aromatic rings. The fourth-order valence-corrected chi connectivity index (χ4v) is 2.64. The Bertz CT molecular complexity index is 577. The van der Waals surface area contributed by atoms with Crippen molar-refractivity contribution in [2.75, 3.05) is 19.8 Å². The molecule has 8 nitrogen and oxygen atoms in total. The first-order valence-electron chi connectivity index (χ1n) is 7.89. The number of hydrogen-bond donors (Lipinski definition) is 0. The third kappa shape index (κ3) is 4.94. The van der Waals surface area contributed by atoms with Crippen LogP contribution < -0.4 is 0 Å². The van der Waals surface area contributed by atoms with Gasteiger partial charge in [0.2, 0.25) is 0 Å². The first-order valence-corrected chi connectivity index (χ1v) is 7.89. The molecule has 0 aromatic heterocycles. The van der Waals surface area contributed by atoms with E-state index in [-0.39, 0.29) is 19.0 Å². The van der Waals surface area contributed by atoms with Gasteiger partial charge in [0.25, 0.3) is 5.09 Å². The Morgan fingerprint density at radius 2 is 1.92 bits per heavy atom. The molecule has 1 saturated heterocycles. The molecule has 8 heteroatoms.